The quantitative estimate of drug-likeness (QED) is 0.386. The third-order valence-corrected chi connectivity index (χ3v) is 13.9. The van der Waals surface area contributed by atoms with Gasteiger partial charge in [-0.3, -0.25) is 19.1 Å². The number of ether oxygens (including phenoxy) is 3. The average molecular weight is 805 g/mol. The van der Waals surface area contributed by atoms with Crippen molar-refractivity contribution in [1.29, 1.82) is 0 Å². The van der Waals surface area contributed by atoms with E-state index in [2.05, 4.69) is 15.4 Å². The number of carbonyl (C=O) groups is 4. The Morgan fingerprint density at radius 1 is 1.00 bits per heavy atom. The number of hydrogen-bond acceptors (Lipinski definition) is 10. The molecule has 0 radical (unpaired) electrons. The Bertz CT molecular complexity index is 2070. The Labute approximate surface area is 333 Å². The van der Waals surface area contributed by atoms with Crippen LogP contribution in [0.5, 0.6) is 11.6 Å². The largest absolute Gasteiger partial charge is 0.497 e. The van der Waals surface area contributed by atoms with Gasteiger partial charge in [-0.15, -0.1) is 0 Å². The van der Waals surface area contributed by atoms with E-state index in [1.807, 2.05) is 48.6 Å². The fraction of sp³-hybridized carbons (Fsp3) is 0.585. The van der Waals surface area contributed by atoms with Crippen LogP contribution < -0.4 is 24.8 Å². The number of allylic oxidation sites excluding steroid dienone is 2. The van der Waals surface area contributed by atoms with Gasteiger partial charge in [0, 0.05) is 49.1 Å². The molecule has 306 valence electrons. The molecule has 1 aromatic heterocycles. The van der Waals surface area contributed by atoms with Gasteiger partial charge in [-0.25, -0.2) is 18.2 Å². The van der Waals surface area contributed by atoms with Crippen molar-refractivity contribution >= 4 is 50.8 Å². The third kappa shape index (κ3) is 8.62. The van der Waals surface area contributed by atoms with E-state index in [0.29, 0.717) is 75.4 Å². The molecule has 2 saturated heterocycles. The summed E-state index contributed by atoms with van der Waals surface area (Å²) >= 11 is 0. The van der Waals surface area contributed by atoms with Crippen LogP contribution in [-0.2, 0) is 29.1 Å². The number of sulfonamides is 1. The monoisotopic (exact) mass is 804 g/mol. The van der Waals surface area contributed by atoms with Crippen LogP contribution in [-0.4, -0.2) is 115 Å². The minimum Gasteiger partial charge on any atom is -0.497 e. The molecule has 57 heavy (non-hydrogen) atoms. The standard InChI is InChI=1S/C41H52N6O9S/c1-54-29-14-13-26-20-27-10-6-5-9-19-55-30-17-18-46(24-30)40(51)43-33-12-8-4-2-3-7-11-28-23-41(28,39(50)45-57(52,53)32-15-16-32)44-36(48)35-22-31(25-47(35)38(33)49)56-37(27)42-34(26)21-29/h6-7,10-11,13-14,20-21,28,30-33,35H,2-5,8-9,12,15-19,22-25H2,1H3,(H,43,51)(H,44,48)(H,45,50)/b10-6+,11-7-/t28-,30-,31+,33-,35-,41+/m0/s1. The first kappa shape index (κ1) is 39.1. The third-order valence-electron chi connectivity index (χ3n) is 12.0. The predicted molar refractivity (Wildman–Crippen MR) is 211 cm³/mol. The van der Waals surface area contributed by atoms with Crippen molar-refractivity contribution in [3.63, 3.8) is 0 Å². The maximum Gasteiger partial charge on any atom is 0.318 e. The Kier molecular flexibility index (Phi) is 11.2. The molecule has 2 aliphatic carbocycles. The Morgan fingerprint density at radius 3 is 2.67 bits per heavy atom. The van der Waals surface area contributed by atoms with E-state index in [0.717, 1.165) is 36.6 Å². The normalized spacial score (nSPS) is 31.2. The highest BCUT2D eigenvalue weighted by Gasteiger charge is 2.62. The summed E-state index contributed by atoms with van der Waals surface area (Å²) in [5.74, 6) is -1.26. The van der Waals surface area contributed by atoms with Crippen LogP contribution >= 0.6 is 0 Å². The molecule has 6 aliphatic rings. The number of fused-ring (bicyclic) bond motifs is 7. The van der Waals surface area contributed by atoms with E-state index < -0.39 is 62.6 Å². The minimum atomic E-state index is -3.89. The maximum absolute atomic E-state index is 14.7. The molecular weight excluding hydrogens is 753 g/mol. The van der Waals surface area contributed by atoms with Crippen molar-refractivity contribution in [2.24, 2.45) is 5.92 Å². The highest BCUT2D eigenvalue weighted by atomic mass is 32.2. The lowest BCUT2D eigenvalue weighted by Gasteiger charge is -2.30. The van der Waals surface area contributed by atoms with E-state index in [4.69, 9.17) is 19.2 Å². The molecule has 5 bridgehead atoms. The zero-order valence-electron chi connectivity index (χ0n) is 32.3. The Balaban J connectivity index is 1.14. The summed E-state index contributed by atoms with van der Waals surface area (Å²) < 4.78 is 46.3. The second kappa shape index (κ2) is 16.3. The van der Waals surface area contributed by atoms with Crippen LogP contribution in [0.1, 0.15) is 82.6 Å². The van der Waals surface area contributed by atoms with Gasteiger partial charge in [0.25, 0.3) is 5.91 Å². The van der Waals surface area contributed by atoms with Crippen LogP contribution in [0.4, 0.5) is 4.79 Å². The average Bonchev–Trinajstić information content (AvgIpc) is 4.07. The number of carbonyl (C=O) groups excluding carboxylic acids is 4. The van der Waals surface area contributed by atoms with Crippen LogP contribution in [0.3, 0.4) is 0 Å². The molecule has 1 aromatic carbocycles. The number of rotatable bonds is 4. The van der Waals surface area contributed by atoms with Crippen molar-refractivity contribution < 1.29 is 41.8 Å². The van der Waals surface area contributed by atoms with Crippen LogP contribution in [0.15, 0.2) is 42.5 Å². The molecule has 4 fully saturated rings. The number of nitrogens with one attached hydrogen (secondary N) is 3. The number of amides is 5. The van der Waals surface area contributed by atoms with Gasteiger partial charge in [-0.1, -0.05) is 37.1 Å². The molecule has 15 nitrogen and oxygen atoms in total. The molecule has 0 unspecified atom stereocenters. The molecule has 5 amide bonds. The van der Waals surface area contributed by atoms with E-state index >= 15 is 0 Å². The zero-order valence-corrected chi connectivity index (χ0v) is 33.1. The van der Waals surface area contributed by atoms with Crippen LogP contribution in [0.25, 0.3) is 17.0 Å². The molecular formula is C41H52N6O9S. The van der Waals surface area contributed by atoms with Gasteiger partial charge in [-0.2, -0.15) is 0 Å². The summed E-state index contributed by atoms with van der Waals surface area (Å²) in [4.78, 5) is 64.8. The summed E-state index contributed by atoms with van der Waals surface area (Å²) in [6, 6.07) is 5.22. The van der Waals surface area contributed by atoms with Crippen molar-refractivity contribution in [3.05, 3.63) is 48.1 Å². The molecule has 8 rings (SSSR count). The number of urea groups is 1. The summed E-state index contributed by atoms with van der Waals surface area (Å²) in [7, 11) is -2.31. The van der Waals surface area contributed by atoms with Gasteiger partial charge in [0.2, 0.25) is 27.7 Å². The lowest BCUT2D eigenvalue weighted by molar-refractivity contribution is -0.141. The number of methoxy groups -OCH3 is 1. The number of aromatic nitrogens is 1. The number of nitrogens with zero attached hydrogens (tertiary/aromatic N) is 3. The minimum absolute atomic E-state index is 0.0164. The van der Waals surface area contributed by atoms with Crippen molar-refractivity contribution in [3.8, 4) is 11.6 Å². The second-order valence-corrected chi connectivity index (χ2v) is 18.2. The van der Waals surface area contributed by atoms with Crippen molar-refractivity contribution in [1.82, 2.24) is 30.1 Å². The number of pyridine rings is 1. The maximum atomic E-state index is 14.7. The molecule has 0 spiro atoms. The van der Waals surface area contributed by atoms with E-state index in [1.165, 1.54) is 4.90 Å². The Hall–Kier alpha value is -4.70. The molecule has 6 atom stereocenters. The smallest absolute Gasteiger partial charge is 0.318 e. The number of benzene rings is 1. The molecule has 5 heterocycles. The van der Waals surface area contributed by atoms with Gasteiger partial charge < -0.3 is 34.6 Å². The first-order chi connectivity index (χ1) is 27.5. The van der Waals surface area contributed by atoms with Crippen LogP contribution in [0.2, 0.25) is 0 Å². The molecule has 2 saturated carbocycles. The first-order valence-corrected chi connectivity index (χ1v) is 21.9. The van der Waals surface area contributed by atoms with E-state index in [9.17, 15) is 27.6 Å². The van der Waals surface area contributed by atoms with E-state index in [1.54, 1.807) is 12.0 Å². The van der Waals surface area contributed by atoms with Gasteiger partial charge in [0.15, 0.2) is 0 Å². The highest BCUT2D eigenvalue weighted by Crippen LogP contribution is 2.46. The fourth-order valence-electron chi connectivity index (χ4n) is 8.44. The molecule has 3 N–H and O–H groups in total. The SMILES string of the molecule is COc1ccc2cc3c(nc2c1)O[C@@H]1C[C@H]2C(=O)N[C@]4(C(=O)NS(=O)(=O)C5CC5)C[C@@H]4/C=C\CCCCC[C@H](NC(=O)N4CC[C@@H](C4)OCCC/C=C/3)C(=O)N2C1. The van der Waals surface area contributed by atoms with E-state index in [-0.39, 0.29) is 31.5 Å². The first-order valence-electron chi connectivity index (χ1n) is 20.4. The highest BCUT2D eigenvalue weighted by molar-refractivity contribution is 7.91. The zero-order chi connectivity index (χ0) is 39.7. The van der Waals surface area contributed by atoms with Crippen molar-refractivity contribution in [2.45, 2.75) is 112 Å². The van der Waals surface area contributed by atoms with Gasteiger partial charge in [0.05, 0.1) is 30.5 Å². The van der Waals surface area contributed by atoms with Gasteiger partial charge in [-0.05, 0) is 76.0 Å². The summed E-state index contributed by atoms with van der Waals surface area (Å²) in [6.07, 6.45) is 13.9. The predicted octanol–water partition coefficient (Wildman–Crippen LogP) is 3.57. The lowest BCUT2D eigenvalue weighted by atomic mass is 10.0. The fourth-order valence-corrected chi connectivity index (χ4v) is 9.81. The molecule has 2 aromatic rings. The Morgan fingerprint density at radius 2 is 1.84 bits per heavy atom. The van der Waals surface area contributed by atoms with Gasteiger partial charge in [0.1, 0.15) is 29.5 Å². The number of hydrogen-bond donors (Lipinski definition) is 3. The molecule has 16 heteroatoms. The summed E-state index contributed by atoms with van der Waals surface area (Å²) in [6.45, 7) is 1.47. The molecule has 4 aliphatic heterocycles. The lowest BCUT2D eigenvalue weighted by Crippen LogP contribution is -2.58. The second-order valence-electron chi connectivity index (χ2n) is 16.2. The van der Waals surface area contributed by atoms with Crippen LogP contribution in [0, 0.1) is 5.92 Å². The summed E-state index contributed by atoms with van der Waals surface area (Å²) in [5, 5.41) is 6.18. The summed E-state index contributed by atoms with van der Waals surface area (Å²) in [5.41, 5.74) is -0.124. The van der Waals surface area contributed by atoms with Gasteiger partial charge >= 0.3 is 6.03 Å². The van der Waals surface area contributed by atoms with Crippen molar-refractivity contribution in [2.75, 3.05) is 33.4 Å². The topological polar surface area (TPSA) is 186 Å².